The first kappa shape index (κ1) is 17.1. The highest BCUT2D eigenvalue weighted by Gasteiger charge is 2.22. The molecule has 1 N–H and O–H groups in total. The van der Waals surface area contributed by atoms with Crippen molar-refractivity contribution in [1.82, 2.24) is 20.1 Å². The van der Waals surface area contributed by atoms with Crippen LogP contribution in [-0.2, 0) is 6.61 Å². The number of hydrogen-bond acceptors (Lipinski definition) is 5. The number of thiazole rings is 1. The first-order chi connectivity index (χ1) is 12.0. The zero-order chi connectivity index (χ0) is 17.8. The van der Waals surface area contributed by atoms with Gasteiger partial charge in [-0.05, 0) is 25.1 Å². The molecule has 25 heavy (non-hydrogen) atoms. The minimum absolute atomic E-state index is 0.0938. The van der Waals surface area contributed by atoms with Crippen LogP contribution in [0.3, 0.4) is 0 Å². The molecule has 0 aliphatic rings. The first-order valence-electron chi connectivity index (χ1n) is 7.63. The first-order valence-corrected chi connectivity index (χ1v) is 8.50. The number of amides is 1. The molecule has 130 valence electrons. The van der Waals surface area contributed by atoms with Crippen molar-refractivity contribution >= 4 is 17.2 Å². The van der Waals surface area contributed by atoms with Crippen LogP contribution < -0.4 is 4.74 Å². The molecule has 1 atom stereocenters. The second kappa shape index (κ2) is 7.43. The summed E-state index contributed by atoms with van der Waals surface area (Å²) in [6, 6.07) is 7.42. The summed E-state index contributed by atoms with van der Waals surface area (Å²) in [7, 11) is 1.73. The van der Waals surface area contributed by atoms with E-state index in [4.69, 9.17) is 4.74 Å². The van der Waals surface area contributed by atoms with Gasteiger partial charge in [0.2, 0.25) is 0 Å². The molecule has 0 aliphatic carbocycles. The van der Waals surface area contributed by atoms with Crippen molar-refractivity contribution < 1.29 is 13.9 Å². The quantitative estimate of drug-likeness (QED) is 0.731. The summed E-state index contributed by atoms with van der Waals surface area (Å²) >= 11 is 1.50. The molecule has 0 bridgehead atoms. The van der Waals surface area contributed by atoms with Gasteiger partial charge in [-0.15, -0.1) is 11.3 Å². The largest absolute Gasteiger partial charge is 0.487 e. The van der Waals surface area contributed by atoms with E-state index in [0.717, 1.165) is 4.88 Å². The molecule has 0 spiro atoms. The maximum Gasteiger partial charge on any atom is 0.274 e. The monoisotopic (exact) mass is 360 g/mol. The fourth-order valence-corrected chi connectivity index (χ4v) is 2.96. The Morgan fingerprint density at radius 2 is 2.28 bits per heavy atom. The number of hydrogen-bond donors (Lipinski definition) is 1. The van der Waals surface area contributed by atoms with Crippen LogP contribution in [0.1, 0.15) is 34.0 Å². The van der Waals surface area contributed by atoms with E-state index in [1.165, 1.54) is 23.5 Å². The maximum absolute atomic E-state index is 13.1. The Hall–Kier alpha value is -2.74. The summed E-state index contributed by atoms with van der Waals surface area (Å²) in [6.07, 6.45) is 1.75. The highest BCUT2D eigenvalue weighted by Crippen LogP contribution is 2.23. The fourth-order valence-electron chi connectivity index (χ4n) is 2.24. The number of benzene rings is 1. The Morgan fingerprint density at radius 1 is 1.44 bits per heavy atom. The van der Waals surface area contributed by atoms with E-state index in [1.54, 1.807) is 41.9 Å². The standard InChI is InChI=1S/C17H17FN4O2S/c1-11(16-8-19-10-25-16)22(2)17(23)15-7-13(20-21-15)9-24-14-5-3-4-12(18)6-14/h3-8,10-11H,9H2,1-2H3,(H,20,21). The van der Waals surface area contributed by atoms with Crippen molar-refractivity contribution in [3.63, 3.8) is 0 Å². The van der Waals surface area contributed by atoms with E-state index in [2.05, 4.69) is 15.2 Å². The number of H-pyrrole nitrogens is 1. The van der Waals surface area contributed by atoms with Gasteiger partial charge in [0.05, 0.1) is 17.2 Å². The molecule has 2 aromatic heterocycles. The number of aromatic nitrogens is 3. The van der Waals surface area contributed by atoms with Gasteiger partial charge in [0, 0.05) is 24.2 Å². The lowest BCUT2D eigenvalue weighted by atomic mass is 10.2. The van der Waals surface area contributed by atoms with Crippen LogP contribution in [0.4, 0.5) is 4.39 Å². The number of nitrogens with zero attached hydrogens (tertiary/aromatic N) is 3. The van der Waals surface area contributed by atoms with Gasteiger partial charge in [-0.2, -0.15) is 5.10 Å². The van der Waals surface area contributed by atoms with E-state index in [-0.39, 0.29) is 24.4 Å². The Kier molecular flexibility index (Phi) is 5.08. The van der Waals surface area contributed by atoms with Gasteiger partial charge in [0.1, 0.15) is 18.2 Å². The number of nitrogens with one attached hydrogen (secondary N) is 1. The van der Waals surface area contributed by atoms with Gasteiger partial charge in [-0.1, -0.05) is 6.07 Å². The number of aromatic amines is 1. The van der Waals surface area contributed by atoms with Gasteiger partial charge in [-0.3, -0.25) is 14.9 Å². The zero-order valence-electron chi connectivity index (χ0n) is 13.8. The highest BCUT2D eigenvalue weighted by atomic mass is 32.1. The van der Waals surface area contributed by atoms with Gasteiger partial charge >= 0.3 is 0 Å². The van der Waals surface area contributed by atoms with Crippen LogP contribution in [0.5, 0.6) is 5.75 Å². The summed E-state index contributed by atoms with van der Waals surface area (Å²) in [5, 5.41) is 6.82. The molecule has 1 unspecified atom stereocenters. The smallest absolute Gasteiger partial charge is 0.274 e. The Bertz CT molecular complexity index is 850. The van der Waals surface area contributed by atoms with Gasteiger partial charge in [-0.25, -0.2) is 4.39 Å². The molecule has 0 saturated carbocycles. The summed E-state index contributed by atoms with van der Waals surface area (Å²) in [5.74, 6) is -0.149. The Balaban J connectivity index is 1.63. The summed E-state index contributed by atoms with van der Waals surface area (Å²) < 4.78 is 18.6. The summed E-state index contributed by atoms with van der Waals surface area (Å²) in [5.41, 5.74) is 2.67. The van der Waals surface area contributed by atoms with Crippen LogP contribution >= 0.6 is 11.3 Å². The molecule has 0 saturated heterocycles. The minimum atomic E-state index is -0.364. The number of carbonyl (C=O) groups excluding carboxylic acids is 1. The Morgan fingerprint density at radius 3 is 3.00 bits per heavy atom. The van der Waals surface area contributed by atoms with Crippen molar-refractivity contribution in [2.24, 2.45) is 0 Å². The van der Waals surface area contributed by atoms with Crippen molar-refractivity contribution in [1.29, 1.82) is 0 Å². The third kappa shape index (κ3) is 4.03. The lowest BCUT2D eigenvalue weighted by molar-refractivity contribution is 0.0739. The maximum atomic E-state index is 13.1. The lowest BCUT2D eigenvalue weighted by Crippen LogP contribution is -2.29. The van der Waals surface area contributed by atoms with E-state index < -0.39 is 0 Å². The molecule has 0 radical (unpaired) electrons. The van der Waals surface area contributed by atoms with Crippen molar-refractivity contribution in [2.75, 3.05) is 7.05 Å². The molecule has 0 aliphatic heterocycles. The van der Waals surface area contributed by atoms with Crippen LogP contribution in [0.15, 0.2) is 42.0 Å². The van der Waals surface area contributed by atoms with Crippen LogP contribution in [0.2, 0.25) is 0 Å². The average molecular weight is 360 g/mol. The van der Waals surface area contributed by atoms with Gasteiger partial charge < -0.3 is 9.64 Å². The molecular weight excluding hydrogens is 343 g/mol. The molecular formula is C17H17FN4O2S. The van der Waals surface area contributed by atoms with Crippen LogP contribution in [0.25, 0.3) is 0 Å². The molecule has 8 heteroatoms. The van der Waals surface area contributed by atoms with Gasteiger partial charge in [0.15, 0.2) is 5.69 Å². The van der Waals surface area contributed by atoms with E-state index in [0.29, 0.717) is 17.1 Å². The lowest BCUT2D eigenvalue weighted by Gasteiger charge is -2.22. The number of ether oxygens (including phenoxy) is 1. The molecule has 3 aromatic rings. The summed E-state index contributed by atoms with van der Waals surface area (Å²) in [4.78, 5) is 19.2. The summed E-state index contributed by atoms with van der Waals surface area (Å²) in [6.45, 7) is 2.10. The molecule has 2 heterocycles. The average Bonchev–Trinajstić information content (AvgIpc) is 3.30. The molecule has 6 nitrogen and oxygen atoms in total. The van der Waals surface area contributed by atoms with E-state index >= 15 is 0 Å². The number of carbonyl (C=O) groups is 1. The molecule has 1 amide bonds. The van der Waals surface area contributed by atoms with Crippen molar-refractivity contribution in [3.8, 4) is 5.75 Å². The molecule has 0 fully saturated rings. The van der Waals surface area contributed by atoms with E-state index in [1.807, 2.05) is 6.92 Å². The van der Waals surface area contributed by atoms with Crippen LogP contribution in [-0.4, -0.2) is 33.0 Å². The second-order valence-corrected chi connectivity index (χ2v) is 6.44. The molecule has 3 rings (SSSR count). The SMILES string of the molecule is CC(c1cncs1)N(C)C(=O)c1cc(COc2cccc(F)c2)[nH]n1. The second-order valence-electron chi connectivity index (χ2n) is 5.52. The van der Waals surface area contributed by atoms with Crippen molar-refractivity contribution in [3.05, 3.63) is 64.1 Å². The van der Waals surface area contributed by atoms with Crippen molar-refractivity contribution in [2.45, 2.75) is 19.6 Å². The third-order valence-electron chi connectivity index (χ3n) is 3.80. The number of rotatable bonds is 6. The zero-order valence-corrected chi connectivity index (χ0v) is 14.6. The normalized spacial score (nSPS) is 12.0. The topological polar surface area (TPSA) is 71.1 Å². The predicted molar refractivity (Wildman–Crippen MR) is 91.9 cm³/mol. The minimum Gasteiger partial charge on any atom is -0.487 e. The van der Waals surface area contributed by atoms with Crippen LogP contribution in [0, 0.1) is 5.82 Å². The molecule has 1 aromatic carbocycles. The Labute approximate surface area is 148 Å². The number of halogens is 1. The van der Waals surface area contributed by atoms with Gasteiger partial charge in [0.25, 0.3) is 5.91 Å². The van der Waals surface area contributed by atoms with E-state index in [9.17, 15) is 9.18 Å². The third-order valence-corrected chi connectivity index (χ3v) is 4.75. The predicted octanol–water partition coefficient (Wildman–Crippen LogP) is 3.42. The highest BCUT2D eigenvalue weighted by molar-refractivity contribution is 7.09. The fraction of sp³-hybridized carbons (Fsp3) is 0.235.